The lowest BCUT2D eigenvalue weighted by Crippen LogP contribution is -1.92. The van der Waals surface area contributed by atoms with Crippen molar-refractivity contribution in [2.24, 2.45) is 0 Å². The highest BCUT2D eigenvalue weighted by atomic mass is 79.9. The van der Waals surface area contributed by atoms with E-state index in [9.17, 15) is 0 Å². The van der Waals surface area contributed by atoms with E-state index in [4.69, 9.17) is 4.74 Å². The monoisotopic (exact) mass is 329 g/mol. The zero-order chi connectivity index (χ0) is 10.8. The van der Waals surface area contributed by atoms with Gasteiger partial charge in [-0.2, -0.15) is 0 Å². The highest BCUT2D eigenvalue weighted by Crippen LogP contribution is 2.33. The molecular weight excluding hydrogens is 322 g/mol. The molecule has 1 aromatic carbocycles. The Labute approximate surface area is 105 Å². The molecule has 15 heavy (non-hydrogen) atoms. The number of hydrogen-bond acceptors (Lipinski definition) is 2. The van der Waals surface area contributed by atoms with Gasteiger partial charge in [0.2, 0.25) is 0 Å². The molecule has 4 heteroatoms. The van der Waals surface area contributed by atoms with Crippen molar-refractivity contribution in [2.45, 2.75) is 6.92 Å². The number of rotatable bonds is 2. The molecule has 78 valence electrons. The van der Waals surface area contributed by atoms with Crippen LogP contribution in [0.1, 0.15) is 6.92 Å². The molecular formula is C11H9Br2NO. The number of ether oxygens (including phenoxy) is 1. The Balaban J connectivity index is 2.67. The highest BCUT2D eigenvalue weighted by molar-refractivity contribution is 9.11. The lowest BCUT2D eigenvalue weighted by atomic mass is 10.2. The second kappa shape index (κ2) is 4.49. The molecule has 0 saturated heterocycles. The fourth-order valence-electron chi connectivity index (χ4n) is 1.42. The topological polar surface area (TPSA) is 22.1 Å². The third-order valence-corrected chi connectivity index (χ3v) is 3.31. The summed E-state index contributed by atoms with van der Waals surface area (Å²) in [5.41, 5.74) is 0.919. The van der Waals surface area contributed by atoms with E-state index in [0.717, 1.165) is 25.6 Å². The van der Waals surface area contributed by atoms with Crippen LogP contribution in [-0.4, -0.2) is 11.6 Å². The van der Waals surface area contributed by atoms with E-state index < -0.39 is 0 Å². The van der Waals surface area contributed by atoms with Crippen molar-refractivity contribution in [3.05, 3.63) is 33.3 Å². The summed E-state index contributed by atoms with van der Waals surface area (Å²) >= 11 is 7.02. The summed E-state index contributed by atoms with van der Waals surface area (Å²) < 4.78 is 7.47. The van der Waals surface area contributed by atoms with E-state index in [1.165, 1.54) is 0 Å². The van der Waals surface area contributed by atoms with Crippen LogP contribution in [0.25, 0.3) is 10.9 Å². The summed E-state index contributed by atoms with van der Waals surface area (Å²) in [7, 11) is 0. The molecule has 0 fully saturated rings. The van der Waals surface area contributed by atoms with E-state index in [0.29, 0.717) is 6.61 Å². The van der Waals surface area contributed by atoms with Gasteiger partial charge in [-0.1, -0.05) is 15.9 Å². The minimum atomic E-state index is 0.659. The average molecular weight is 331 g/mol. The molecule has 0 radical (unpaired) electrons. The van der Waals surface area contributed by atoms with E-state index in [1.54, 1.807) is 6.20 Å². The van der Waals surface area contributed by atoms with Gasteiger partial charge >= 0.3 is 0 Å². The highest BCUT2D eigenvalue weighted by Gasteiger charge is 2.06. The van der Waals surface area contributed by atoms with Crippen LogP contribution < -0.4 is 4.74 Å². The van der Waals surface area contributed by atoms with E-state index in [1.807, 2.05) is 25.1 Å². The van der Waals surface area contributed by atoms with Crippen molar-refractivity contribution in [3.63, 3.8) is 0 Å². The first-order valence-electron chi connectivity index (χ1n) is 4.59. The number of benzene rings is 1. The van der Waals surface area contributed by atoms with E-state index in [-0.39, 0.29) is 0 Å². The van der Waals surface area contributed by atoms with Crippen LogP contribution in [0.2, 0.25) is 0 Å². The first-order valence-corrected chi connectivity index (χ1v) is 6.17. The minimum absolute atomic E-state index is 0.659. The molecule has 0 spiro atoms. The van der Waals surface area contributed by atoms with Crippen LogP contribution in [-0.2, 0) is 0 Å². The molecule has 0 N–H and O–H groups in total. The van der Waals surface area contributed by atoms with Gasteiger partial charge in [0.1, 0.15) is 5.75 Å². The number of fused-ring (bicyclic) bond motifs is 1. The maximum Gasteiger partial charge on any atom is 0.122 e. The second-order valence-electron chi connectivity index (χ2n) is 3.03. The van der Waals surface area contributed by atoms with Crippen LogP contribution >= 0.6 is 31.9 Å². The molecule has 2 rings (SSSR count). The second-order valence-corrected chi connectivity index (χ2v) is 4.73. The predicted molar refractivity (Wildman–Crippen MR) is 68.3 cm³/mol. The normalized spacial score (nSPS) is 10.6. The molecule has 1 aromatic heterocycles. The Bertz CT molecular complexity index is 499. The average Bonchev–Trinajstić information content (AvgIpc) is 2.17. The minimum Gasteiger partial charge on any atom is -0.494 e. The van der Waals surface area contributed by atoms with E-state index >= 15 is 0 Å². The Morgan fingerprint density at radius 3 is 2.80 bits per heavy atom. The number of halogens is 2. The van der Waals surface area contributed by atoms with E-state index in [2.05, 4.69) is 36.8 Å². The van der Waals surface area contributed by atoms with Gasteiger partial charge in [-0.05, 0) is 35.0 Å². The largest absolute Gasteiger partial charge is 0.494 e. The van der Waals surface area contributed by atoms with Gasteiger partial charge in [-0.25, -0.2) is 0 Å². The number of aromatic nitrogens is 1. The fraction of sp³-hybridized carbons (Fsp3) is 0.182. The molecule has 0 saturated carbocycles. The Morgan fingerprint density at radius 1 is 1.27 bits per heavy atom. The summed E-state index contributed by atoms with van der Waals surface area (Å²) in [6.07, 6.45) is 1.77. The summed E-state index contributed by atoms with van der Waals surface area (Å²) in [6, 6.07) is 5.82. The van der Waals surface area contributed by atoms with Gasteiger partial charge in [0.15, 0.2) is 0 Å². The molecule has 0 amide bonds. The van der Waals surface area contributed by atoms with Gasteiger partial charge in [0.25, 0.3) is 0 Å². The summed E-state index contributed by atoms with van der Waals surface area (Å²) in [6.45, 7) is 2.62. The molecule has 0 unspecified atom stereocenters. The maximum atomic E-state index is 5.45. The summed E-state index contributed by atoms with van der Waals surface area (Å²) in [4.78, 5) is 4.31. The van der Waals surface area contributed by atoms with Gasteiger partial charge in [0, 0.05) is 26.6 Å². The first-order chi connectivity index (χ1) is 7.22. The standard InChI is InChI=1S/C11H9Br2NO/c1-2-15-7-5-9(13)11-8(12)3-4-14-10(11)6-7/h3-6H,2H2,1H3. The third kappa shape index (κ3) is 2.16. The van der Waals surface area contributed by atoms with Gasteiger partial charge in [-0.3, -0.25) is 4.98 Å². The quantitative estimate of drug-likeness (QED) is 0.825. The third-order valence-electron chi connectivity index (χ3n) is 2.03. The summed E-state index contributed by atoms with van der Waals surface area (Å²) in [5, 5.41) is 1.07. The van der Waals surface area contributed by atoms with Gasteiger partial charge in [-0.15, -0.1) is 0 Å². The maximum absolute atomic E-state index is 5.45. The van der Waals surface area contributed by atoms with Crippen molar-refractivity contribution < 1.29 is 4.74 Å². The van der Waals surface area contributed by atoms with Crippen LogP contribution in [0.15, 0.2) is 33.3 Å². The fourth-order valence-corrected chi connectivity index (χ4v) is 2.87. The molecule has 0 aliphatic rings. The number of nitrogens with zero attached hydrogens (tertiary/aromatic N) is 1. The number of pyridine rings is 1. The van der Waals surface area contributed by atoms with Gasteiger partial charge in [0.05, 0.1) is 12.1 Å². The Kier molecular flexibility index (Phi) is 3.26. The smallest absolute Gasteiger partial charge is 0.122 e. The molecule has 2 nitrogen and oxygen atoms in total. The van der Waals surface area contributed by atoms with Crippen LogP contribution in [0.5, 0.6) is 5.75 Å². The van der Waals surface area contributed by atoms with Crippen molar-refractivity contribution in [3.8, 4) is 5.75 Å². The Hall–Kier alpha value is -0.610. The first kappa shape index (κ1) is 10.9. The lowest BCUT2D eigenvalue weighted by Gasteiger charge is -2.07. The van der Waals surface area contributed by atoms with Crippen molar-refractivity contribution in [1.82, 2.24) is 4.98 Å². The molecule has 0 bridgehead atoms. The molecule has 2 aromatic rings. The summed E-state index contributed by atoms with van der Waals surface area (Å²) in [5.74, 6) is 0.836. The van der Waals surface area contributed by atoms with Crippen molar-refractivity contribution in [2.75, 3.05) is 6.61 Å². The predicted octanol–water partition coefficient (Wildman–Crippen LogP) is 4.16. The number of hydrogen-bond donors (Lipinski definition) is 0. The zero-order valence-corrected chi connectivity index (χ0v) is 11.3. The zero-order valence-electron chi connectivity index (χ0n) is 8.13. The molecule has 0 aliphatic carbocycles. The van der Waals surface area contributed by atoms with Crippen molar-refractivity contribution in [1.29, 1.82) is 0 Å². The Morgan fingerprint density at radius 2 is 2.07 bits per heavy atom. The molecule has 1 heterocycles. The molecule has 0 aliphatic heterocycles. The van der Waals surface area contributed by atoms with Crippen LogP contribution in [0.4, 0.5) is 0 Å². The lowest BCUT2D eigenvalue weighted by molar-refractivity contribution is 0.340. The van der Waals surface area contributed by atoms with Crippen LogP contribution in [0, 0.1) is 0 Å². The van der Waals surface area contributed by atoms with Crippen molar-refractivity contribution >= 4 is 42.8 Å². The van der Waals surface area contributed by atoms with Gasteiger partial charge < -0.3 is 4.74 Å². The molecule has 0 atom stereocenters. The van der Waals surface area contributed by atoms with Crippen LogP contribution in [0.3, 0.4) is 0 Å². The SMILES string of the molecule is CCOc1cc(Br)c2c(Br)ccnc2c1.